The summed E-state index contributed by atoms with van der Waals surface area (Å²) in [4.78, 5) is 17.1. The number of sulfone groups is 1. The number of amides is 1. The molecule has 2 aromatic heterocycles. The Hall–Kier alpha value is -4.17. The number of nitrogens with zero attached hydrogens (tertiary/aromatic N) is 1. The number of carbonyl (C=O) groups is 1. The van der Waals surface area contributed by atoms with Crippen LogP contribution >= 0.6 is 0 Å². The van der Waals surface area contributed by atoms with E-state index in [2.05, 4.69) is 10.3 Å². The number of para-hydroxylation sites is 2. The molecule has 0 saturated carbocycles. The Morgan fingerprint density at radius 1 is 0.848 bits per heavy atom. The molecule has 2 heterocycles. The van der Waals surface area contributed by atoms with Crippen LogP contribution in [0.2, 0.25) is 0 Å². The van der Waals surface area contributed by atoms with Crippen LogP contribution in [0.4, 0.5) is 5.69 Å². The second-order valence-electron chi connectivity index (χ2n) is 7.45. The SMILES string of the molecule is Cc1ccc(S(=O)(=O)c2ccc(C(=O)Nc3ccc(-c4nc5ccccc5o4)cc3)o2)cc1. The highest BCUT2D eigenvalue weighted by Gasteiger charge is 2.23. The Kier molecular flexibility index (Phi) is 5.07. The second-order valence-corrected chi connectivity index (χ2v) is 9.33. The molecule has 0 aliphatic heterocycles. The largest absolute Gasteiger partial charge is 0.439 e. The van der Waals surface area contributed by atoms with E-state index in [0.717, 1.165) is 16.6 Å². The van der Waals surface area contributed by atoms with Crippen molar-refractivity contribution in [3.8, 4) is 11.5 Å². The van der Waals surface area contributed by atoms with E-state index in [-0.39, 0.29) is 15.7 Å². The zero-order chi connectivity index (χ0) is 23.0. The van der Waals surface area contributed by atoms with E-state index in [0.29, 0.717) is 17.2 Å². The van der Waals surface area contributed by atoms with Gasteiger partial charge in [0, 0.05) is 11.3 Å². The maximum absolute atomic E-state index is 12.7. The van der Waals surface area contributed by atoms with Crippen molar-refractivity contribution in [2.24, 2.45) is 0 Å². The molecule has 0 bridgehead atoms. The fourth-order valence-corrected chi connectivity index (χ4v) is 4.48. The molecule has 0 spiro atoms. The Labute approximate surface area is 189 Å². The van der Waals surface area contributed by atoms with Crippen LogP contribution in [-0.2, 0) is 9.84 Å². The molecule has 7 nitrogen and oxygen atoms in total. The minimum absolute atomic E-state index is 0.101. The van der Waals surface area contributed by atoms with Crippen LogP contribution in [0.25, 0.3) is 22.6 Å². The first-order valence-electron chi connectivity index (χ1n) is 10.1. The number of hydrogen-bond acceptors (Lipinski definition) is 6. The van der Waals surface area contributed by atoms with Crippen molar-refractivity contribution >= 4 is 32.5 Å². The third kappa shape index (κ3) is 4.04. The summed E-state index contributed by atoms with van der Waals surface area (Å²) in [5, 5.41) is 2.41. The summed E-state index contributed by atoms with van der Waals surface area (Å²) in [6.45, 7) is 1.87. The Morgan fingerprint density at radius 2 is 1.58 bits per heavy atom. The number of aryl methyl sites for hydroxylation is 1. The molecule has 164 valence electrons. The highest BCUT2D eigenvalue weighted by atomic mass is 32.2. The van der Waals surface area contributed by atoms with Crippen LogP contribution in [0.15, 0.2) is 104 Å². The monoisotopic (exact) mass is 458 g/mol. The molecule has 33 heavy (non-hydrogen) atoms. The van der Waals surface area contributed by atoms with Gasteiger partial charge >= 0.3 is 0 Å². The van der Waals surface area contributed by atoms with Crippen LogP contribution in [0.1, 0.15) is 16.1 Å². The smallest absolute Gasteiger partial charge is 0.291 e. The molecule has 0 atom stereocenters. The lowest BCUT2D eigenvalue weighted by Crippen LogP contribution is -2.10. The molecule has 0 aliphatic carbocycles. The molecule has 0 fully saturated rings. The van der Waals surface area contributed by atoms with Gasteiger partial charge in [-0.3, -0.25) is 4.79 Å². The quantitative estimate of drug-likeness (QED) is 0.374. The van der Waals surface area contributed by atoms with Gasteiger partial charge in [-0.1, -0.05) is 29.8 Å². The maximum Gasteiger partial charge on any atom is 0.291 e. The summed E-state index contributed by atoms with van der Waals surface area (Å²) in [7, 11) is -3.85. The van der Waals surface area contributed by atoms with Crippen molar-refractivity contribution in [3.05, 3.63) is 96.3 Å². The third-order valence-corrected chi connectivity index (χ3v) is 6.73. The molecule has 0 aliphatic rings. The van der Waals surface area contributed by atoms with E-state index in [1.165, 1.54) is 24.3 Å². The van der Waals surface area contributed by atoms with Gasteiger partial charge in [0.15, 0.2) is 11.3 Å². The van der Waals surface area contributed by atoms with E-state index >= 15 is 0 Å². The lowest BCUT2D eigenvalue weighted by Gasteiger charge is -2.04. The lowest BCUT2D eigenvalue weighted by atomic mass is 10.2. The molecule has 1 N–H and O–H groups in total. The lowest BCUT2D eigenvalue weighted by molar-refractivity contribution is 0.0991. The first kappa shape index (κ1) is 20.7. The first-order valence-corrected chi connectivity index (χ1v) is 11.6. The highest BCUT2D eigenvalue weighted by Crippen LogP contribution is 2.26. The van der Waals surface area contributed by atoms with Gasteiger partial charge in [0.1, 0.15) is 5.52 Å². The van der Waals surface area contributed by atoms with Crippen molar-refractivity contribution in [1.29, 1.82) is 0 Å². The number of hydrogen-bond donors (Lipinski definition) is 1. The van der Waals surface area contributed by atoms with Gasteiger partial charge in [-0.15, -0.1) is 0 Å². The first-order chi connectivity index (χ1) is 15.9. The van der Waals surface area contributed by atoms with Crippen LogP contribution in [0.5, 0.6) is 0 Å². The Morgan fingerprint density at radius 3 is 2.30 bits per heavy atom. The van der Waals surface area contributed by atoms with E-state index in [4.69, 9.17) is 8.83 Å². The third-order valence-electron chi connectivity index (χ3n) is 5.08. The van der Waals surface area contributed by atoms with E-state index in [9.17, 15) is 13.2 Å². The van der Waals surface area contributed by atoms with Gasteiger partial charge in [0.2, 0.25) is 20.8 Å². The predicted octanol–water partition coefficient (Wildman–Crippen LogP) is 5.48. The van der Waals surface area contributed by atoms with Crippen molar-refractivity contribution < 1.29 is 22.0 Å². The number of fused-ring (bicyclic) bond motifs is 1. The van der Waals surface area contributed by atoms with Crippen LogP contribution in [0, 0.1) is 6.92 Å². The standard InChI is InChI=1S/C25H18N2O5S/c1-16-6-12-19(13-7-16)33(29,30)23-15-14-22(31-23)24(28)26-18-10-8-17(9-11-18)25-27-20-4-2-3-5-21(20)32-25/h2-15H,1H3,(H,26,28). The molecule has 3 aromatic carbocycles. The van der Waals surface area contributed by atoms with Crippen molar-refractivity contribution in [2.75, 3.05) is 5.32 Å². The van der Waals surface area contributed by atoms with Crippen molar-refractivity contribution in [3.63, 3.8) is 0 Å². The highest BCUT2D eigenvalue weighted by molar-refractivity contribution is 7.91. The molecular formula is C25H18N2O5S. The number of aromatic nitrogens is 1. The van der Waals surface area contributed by atoms with E-state index in [1.807, 2.05) is 31.2 Å². The van der Waals surface area contributed by atoms with Gasteiger partial charge < -0.3 is 14.2 Å². The summed E-state index contributed by atoms with van der Waals surface area (Å²) >= 11 is 0. The molecule has 0 unspecified atom stereocenters. The molecule has 1 amide bonds. The summed E-state index contributed by atoms with van der Waals surface area (Å²) in [6.07, 6.45) is 0. The number of carbonyl (C=O) groups excluding carboxylic acids is 1. The number of furan rings is 1. The van der Waals surface area contributed by atoms with Crippen LogP contribution in [0.3, 0.4) is 0 Å². The van der Waals surface area contributed by atoms with Crippen LogP contribution < -0.4 is 5.32 Å². The zero-order valence-corrected chi connectivity index (χ0v) is 18.3. The molecular weight excluding hydrogens is 440 g/mol. The summed E-state index contributed by atoms with van der Waals surface area (Å²) in [6, 6.07) is 23.5. The number of nitrogens with one attached hydrogen (secondary N) is 1. The van der Waals surface area contributed by atoms with E-state index < -0.39 is 15.7 Å². The normalized spacial score (nSPS) is 11.5. The number of rotatable bonds is 5. The number of benzene rings is 3. The Bertz CT molecular complexity index is 1530. The average molecular weight is 458 g/mol. The van der Waals surface area contributed by atoms with Gasteiger partial charge in [-0.2, -0.15) is 0 Å². The van der Waals surface area contributed by atoms with Crippen LogP contribution in [-0.4, -0.2) is 19.3 Å². The number of anilines is 1. The number of oxazole rings is 1. The van der Waals surface area contributed by atoms with Gasteiger partial charge in [-0.25, -0.2) is 13.4 Å². The fourth-order valence-electron chi connectivity index (χ4n) is 3.30. The van der Waals surface area contributed by atoms with Gasteiger partial charge in [0.25, 0.3) is 5.91 Å². The summed E-state index contributed by atoms with van der Waals surface area (Å²) in [5.41, 5.74) is 3.67. The summed E-state index contributed by atoms with van der Waals surface area (Å²) in [5.74, 6) is -0.190. The van der Waals surface area contributed by atoms with Crippen molar-refractivity contribution in [1.82, 2.24) is 4.98 Å². The van der Waals surface area contributed by atoms with E-state index in [1.54, 1.807) is 36.4 Å². The second kappa shape index (κ2) is 8.07. The molecule has 0 radical (unpaired) electrons. The van der Waals surface area contributed by atoms with Gasteiger partial charge in [-0.05, 0) is 67.6 Å². The fraction of sp³-hybridized carbons (Fsp3) is 0.0400. The molecule has 0 saturated heterocycles. The zero-order valence-electron chi connectivity index (χ0n) is 17.5. The molecule has 5 rings (SSSR count). The Balaban J connectivity index is 1.32. The topological polar surface area (TPSA) is 102 Å². The minimum atomic E-state index is -3.85. The summed E-state index contributed by atoms with van der Waals surface area (Å²) < 4.78 is 36.6. The maximum atomic E-state index is 12.7. The predicted molar refractivity (Wildman–Crippen MR) is 123 cm³/mol. The molecule has 5 aromatic rings. The molecule has 8 heteroatoms. The average Bonchev–Trinajstić information content (AvgIpc) is 3.48. The van der Waals surface area contributed by atoms with Gasteiger partial charge in [0.05, 0.1) is 4.90 Å². The minimum Gasteiger partial charge on any atom is -0.439 e. The van der Waals surface area contributed by atoms with Crippen molar-refractivity contribution in [2.45, 2.75) is 16.9 Å².